The fourth-order valence-corrected chi connectivity index (χ4v) is 0.127. The number of hydrogen-bond donors (Lipinski definition) is 0. The lowest BCUT2D eigenvalue weighted by atomic mass is 10.7. The van der Waals surface area contributed by atoms with E-state index in [-0.39, 0.29) is 0 Å². The summed E-state index contributed by atoms with van der Waals surface area (Å²) in [6, 6.07) is 0. The van der Waals surface area contributed by atoms with Gasteiger partial charge in [0.15, 0.2) is 0 Å². The van der Waals surface area contributed by atoms with Crippen LogP contribution in [0.4, 0.5) is 13.2 Å². The summed E-state index contributed by atoms with van der Waals surface area (Å²) in [5, 5.41) is -1.32. The molecule has 0 unspecified atom stereocenters. The van der Waals surface area contributed by atoms with Crippen LogP contribution >= 0.6 is 11.6 Å². The van der Waals surface area contributed by atoms with Crippen LogP contribution < -0.4 is 0 Å². The van der Waals surface area contributed by atoms with Gasteiger partial charge in [-0.05, 0) is 0 Å². The molecule has 0 aliphatic rings. The van der Waals surface area contributed by atoms with Crippen molar-refractivity contribution in [2.24, 2.45) is 4.99 Å². The van der Waals surface area contributed by atoms with E-state index in [1.807, 2.05) is 0 Å². The molecular formula is C3H3ClF3N. The molecule has 1 nitrogen and oxygen atoms in total. The molecule has 0 atom stereocenters. The summed E-state index contributed by atoms with van der Waals surface area (Å²) in [5.41, 5.74) is 0. The van der Waals surface area contributed by atoms with E-state index in [0.717, 1.165) is 7.05 Å². The second-order valence-corrected chi connectivity index (χ2v) is 1.37. The van der Waals surface area contributed by atoms with E-state index >= 15 is 0 Å². The number of rotatable bonds is 0. The zero-order valence-corrected chi connectivity index (χ0v) is 4.72. The van der Waals surface area contributed by atoms with Gasteiger partial charge in [-0.2, -0.15) is 13.2 Å². The Hall–Kier alpha value is -0.250. The summed E-state index contributed by atoms with van der Waals surface area (Å²) in [4.78, 5) is 2.72. The predicted octanol–water partition coefficient (Wildman–Crippen LogP) is 1.82. The van der Waals surface area contributed by atoms with E-state index in [1.54, 1.807) is 0 Å². The second kappa shape index (κ2) is 2.35. The number of hydrogen-bond acceptors (Lipinski definition) is 1. The van der Waals surface area contributed by atoms with Gasteiger partial charge in [0.25, 0.3) is 0 Å². The molecule has 0 bridgehead atoms. The molecule has 0 saturated carbocycles. The lowest BCUT2D eigenvalue weighted by molar-refractivity contribution is -0.0559. The predicted molar refractivity (Wildman–Crippen MR) is 25.3 cm³/mol. The first kappa shape index (κ1) is 7.75. The molecule has 0 aromatic carbocycles. The number of alkyl halides is 3. The number of halogens is 4. The molecule has 0 rings (SSSR count). The molecular weight excluding hydrogens is 142 g/mol. The first-order valence-electron chi connectivity index (χ1n) is 1.68. The average Bonchev–Trinajstić information content (AvgIpc) is 1.62. The molecule has 0 aliphatic carbocycles. The van der Waals surface area contributed by atoms with Crippen molar-refractivity contribution >= 4 is 16.8 Å². The van der Waals surface area contributed by atoms with E-state index in [2.05, 4.69) is 16.6 Å². The normalized spacial score (nSPS) is 14.4. The highest BCUT2D eigenvalue weighted by Crippen LogP contribution is 2.18. The van der Waals surface area contributed by atoms with Gasteiger partial charge in [0, 0.05) is 7.05 Å². The van der Waals surface area contributed by atoms with Gasteiger partial charge in [0.2, 0.25) is 5.17 Å². The van der Waals surface area contributed by atoms with Crippen molar-refractivity contribution in [1.82, 2.24) is 0 Å². The van der Waals surface area contributed by atoms with Crippen molar-refractivity contribution < 1.29 is 13.2 Å². The van der Waals surface area contributed by atoms with Gasteiger partial charge >= 0.3 is 6.18 Å². The van der Waals surface area contributed by atoms with Gasteiger partial charge in [-0.15, -0.1) is 0 Å². The van der Waals surface area contributed by atoms with Crippen LogP contribution in [0.1, 0.15) is 0 Å². The maximum atomic E-state index is 11.2. The molecule has 8 heavy (non-hydrogen) atoms. The fourth-order valence-electron chi connectivity index (χ4n) is 0.127. The van der Waals surface area contributed by atoms with E-state index < -0.39 is 11.3 Å². The Kier molecular flexibility index (Phi) is 2.27. The Morgan fingerprint density at radius 2 is 1.88 bits per heavy atom. The van der Waals surface area contributed by atoms with Crippen molar-refractivity contribution in [1.29, 1.82) is 0 Å². The average molecular weight is 146 g/mol. The third-order valence-electron chi connectivity index (χ3n) is 0.430. The quantitative estimate of drug-likeness (QED) is 0.461. The Morgan fingerprint density at radius 1 is 1.50 bits per heavy atom. The Morgan fingerprint density at radius 3 is 1.88 bits per heavy atom. The van der Waals surface area contributed by atoms with Crippen LogP contribution in [0.5, 0.6) is 0 Å². The molecule has 0 amide bonds. The number of nitrogens with zero attached hydrogens (tertiary/aromatic N) is 1. The summed E-state index contributed by atoms with van der Waals surface area (Å²) in [7, 11) is 0.982. The van der Waals surface area contributed by atoms with Crippen molar-refractivity contribution in [2.75, 3.05) is 7.05 Å². The summed E-state index contributed by atoms with van der Waals surface area (Å²) in [5.74, 6) is 0. The molecule has 5 heteroatoms. The SMILES string of the molecule is CN=C(Cl)C(F)(F)F. The van der Waals surface area contributed by atoms with Crippen molar-refractivity contribution in [3.63, 3.8) is 0 Å². The van der Waals surface area contributed by atoms with Gasteiger partial charge in [-0.1, -0.05) is 11.6 Å². The summed E-state index contributed by atoms with van der Waals surface area (Å²) >= 11 is 4.57. The van der Waals surface area contributed by atoms with Crippen LogP contribution in [-0.4, -0.2) is 18.4 Å². The second-order valence-electron chi connectivity index (χ2n) is 1.01. The van der Waals surface area contributed by atoms with Gasteiger partial charge in [-0.3, -0.25) is 4.99 Å². The molecule has 48 valence electrons. The molecule has 0 aliphatic heterocycles. The van der Waals surface area contributed by atoms with Crippen molar-refractivity contribution in [2.45, 2.75) is 6.18 Å². The van der Waals surface area contributed by atoms with Gasteiger partial charge < -0.3 is 0 Å². The zero-order valence-electron chi connectivity index (χ0n) is 3.96. The van der Waals surface area contributed by atoms with Gasteiger partial charge in [0.1, 0.15) is 0 Å². The highest BCUT2D eigenvalue weighted by atomic mass is 35.5. The maximum absolute atomic E-state index is 11.2. The minimum atomic E-state index is -4.48. The molecule has 0 saturated heterocycles. The molecule has 0 aromatic heterocycles. The Bertz CT molecular complexity index is 106. The summed E-state index contributed by atoms with van der Waals surface area (Å²) in [6.07, 6.45) is -4.48. The Balaban J connectivity index is 4.03. The van der Waals surface area contributed by atoms with Crippen LogP contribution in [0, 0.1) is 0 Å². The molecule has 0 fully saturated rings. The maximum Gasteiger partial charge on any atom is 0.444 e. The summed E-state index contributed by atoms with van der Waals surface area (Å²) in [6.45, 7) is 0. The monoisotopic (exact) mass is 145 g/mol. The zero-order chi connectivity index (χ0) is 6.78. The van der Waals surface area contributed by atoms with E-state index in [9.17, 15) is 13.2 Å². The molecule has 0 aromatic rings. The van der Waals surface area contributed by atoms with Crippen molar-refractivity contribution in [3.05, 3.63) is 0 Å². The largest absolute Gasteiger partial charge is 0.444 e. The lowest BCUT2D eigenvalue weighted by Gasteiger charge is -1.99. The highest BCUT2D eigenvalue weighted by molar-refractivity contribution is 6.66. The first-order chi connectivity index (χ1) is 3.48. The van der Waals surface area contributed by atoms with Crippen LogP contribution in [-0.2, 0) is 0 Å². The molecule has 0 heterocycles. The summed E-state index contributed by atoms with van der Waals surface area (Å²) < 4.78 is 33.6. The fraction of sp³-hybridized carbons (Fsp3) is 0.667. The van der Waals surface area contributed by atoms with Gasteiger partial charge in [-0.25, -0.2) is 0 Å². The smallest absolute Gasteiger partial charge is 0.273 e. The Labute approximate surface area is 49.2 Å². The minimum absolute atomic E-state index is 0.982. The number of aliphatic imine (C=N–C) groups is 1. The van der Waals surface area contributed by atoms with E-state index in [0.29, 0.717) is 0 Å². The molecule has 0 N–H and O–H groups in total. The lowest BCUT2D eigenvalue weighted by Crippen LogP contribution is -2.16. The third-order valence-corrected chi connectivity index (χ3v) is 0.814. The van der Waals surface area contributed by atoms with Crippen LogP contribution in [0.2, 0.25) is 0 Å². The third kappa shape index (κ3) is 2.16. The molecule has 0 radical (unpaired) electrons. The topological polar surface area (TPSA) is 12.4 Å². The minimum Gasteiger partial charge on any atom is -0.273 e. The first-order valence-corrected chi connectivity index (χ1v) is 2.05. The van der Waals surface area contributed by atoms with Crippen LogP contribution in [0.25, 0.3) is 0 Å². The van der Waals surface area contributed by atoms with Crippen LogP contribution in [0.3, 0.4) is 0 Å². The van der Waals surface area contributed by atoms with E-state index in [4.69, 9.17) is 0 Å². The van der Waals surface area contributed by atoms with E-state index in [1.165, 1.54) is 0 Å². The van der Waals surface area contributed by atoms with Crippen LogP contribution in [0.15, 0.2) is 4.99 Å². The highest BCUT2D eigenvalue weighted by Gasteiger charge is 2.33. The molecule has 0 spiro atoms. The van der Waals surface area contributed by atoms with Gasteiger partial charge in [0.05, 0.1) is 0 Å². The standard InChI is InChI=1S/C3H3ClF3N/c1-8-2(4)3(5,6)7/h1H3. The van der Waals surface area contributed by atoms with Crippen molar-refractivity contribution in [3.8, 4) is 0 Å².